The van der Waals surface area contributed by atoms with E-state index in [4.69, 9.17) is 11.6 Å². The summed E-state index contributed by atoms with van der Waals surface area (Å²) in [7, 11) is 1.65. The summed E-state index contributed by atoms with van der Waals surface area (Å²) >= 11 is 5.96. The van der Waals surface area contributed by atoms with Gasteiger partial charge in [0.05, 0.1) is 34.0 Å². The zero-order chi connectivity index (χ0) is 29.9. The lowest BCUT2D eigenvalue weighted by molar-refractivity contribution is -0.134. The quantitative estimate of drug-likeness (QED) is 0.314. The van der Waals surface area contributed by atoms with Gasteiger partial charge < -0.3 is 21.3 Å². The maximum atomic E-state index is 14.7. The molecule has 3 aromatic rings. The van der Waals surface area contributed by atoms with Crippen molar-refractivity contribution in [3.8, 4) is 0 Å². The molecule has 1 saturated heterocycles. The fourth-order valence-corrected chi connectivity index (χ4v) is 4.78. The highest BCUT2D eigenvalue weighted by Crippen LogP contribution is 2.32. The number of imide groups is 1. The molecular weight excluding hydrogens is 549 g/mol. The number of fused-ring (bicyclic) bond motifs is 1. The summed E-state index contributed by atoms with van der Waals surface area (Å²) in [5.74, 6) is -1.74. The Labute approximate surface area is 243 Å². The first-order valence-corrected chi connectivity index (χ1v) is 13.8. The molecule has 2 aromatic carbocycles. The minimum Gasteiger partial charge on any atom is -0.342 e. The highest BCUT2D eigenvalue weighted by atomic mass is 35.5. The van der Waals surface area contributed by atoms with E-state index >= 15 is 0 Å². The summed E-state index contributed by atoms with van der Waals surface area (Å²) in [6.45, 7) is 7.82. The molecule has 3 atom stereocenters. The topological polar surface area (TPSA) is 128 Å². The third-order valence-corrected chi connectivity index (χ3v) is 7.40. The van der Waals surface area contributed by atoms with Crippen molar-refractivity contribution in [1.82, 2.24) is 25.9 Å². The van der Waals surface area contributed by atoms with Crippen LogP contribution in [-0.4, -0.2) is 59.4 Å². The Balaban J connectivity index is 1.81. The number of carbonyl (C=O) groups excluding carboxylic acids is 3. The van der Waals surface area contributed by atoms with Crippen LogP contribution < -0.4 is 26.2 Å². The van der Waals surface area contributed by atoms with E-state index in [1.54, 1.807) is 38.2 Å². The van der Waals surface area contributed by atoms with Gasteiger partial charge in [0.2, 0.25) is 5.91 Å². The van der Waals surface area contributed by atoms with E-state index < -0.39 is 41.2 Å². The van der Waals surface area contributed by atoms with Crippen molar-refractivity contribution in [1.29, 1.82) is 0 Å². The molecule has 4 rings (SSSR count). The van der Waals surface area contributed by atoms with Crippen LogP contribution in [0.2, 0.25) is 5.02 Å². The van der Waals surface area contributed by atoms with Gasteiger partial charge in [0.1, 0.15) is 18.2 Å². The highest BCUT2D eigenvalue weighted by molar-refractivity contribution is 6.31. The van der Waals surface area contributed by atoms with E-state index in [0.29, 0.717) is 23.9 Å². The monoisotopic (exact) mass is 583 g/mol. The molecule has 0 spiro atoms. The number of aromatic nitrogens is 2. The number of nitrogens with zero attached hydrogens (tertiary/aromatic N) is 3. The Bertz CT molecular complexity index is 1460. The summed E-state index contributed by atoms with van der Waals surface area (Å²) in [5, 5.41) is 12.2. The van der Waals surface area contributed by atoms with E-state index in [1.165, 1.54) is 18.5 Å². The van der Waals surface area contributed by atoms with E-state index in [1.807, 2.05) is 20.8 Å². The highest BCUT2D eigenvalue weighted by Gasteiger charge is 2.41. The summed E-state index contributed by atoms with van der Waals surface area (Å²) < 4.78 is 14.7. The SMILES string of the molecule is CN[C@@H](C)C(=O)N[C@H](C(=O)N(C(=O)[C@@H]1CCCN1)c1ccc2ncnc(Nc3cccc(Cl)c3F)c2c1)C(C)(C)C. The largest absolute Gasteiger partial charge is 0.342 e. The maximum Gasteiger partial charge on any atom is 0.256 e. The molecule has 0 unspecified atom stereocenters. The van der Waals surface area contributed by atoms with Gasteiger partial charge in [-0.2, -0.15) is 0 Å². The van der Waals surface area contributed by atoms with Gasteiger partial charge in [-0.3, -0.25) is 14.4 Å². The second-order valence-corrected chi connectivity index (χ2v) is 11.5. The molecule has 1 aliphatic heterocycles. The summed E-state index contributed by atoms with van der Waals surface area (Å²) in [6.07, 6.45) is 2.70. The molecule has 0 bridgehead atoms. The van der Waals surface area contributed by atoms with Crippen molar-refractivity contribution < 1.29 is 18.8 Å². The molecule has 1 aliphatic rings. The second kappa shape index (κ2) is 12.5. The number of hydrogen-bond donors (Lipinski definition) is 4. The number of nitrogens with one attached hydrogen (secondary N) is 4. The third kappa shape index (κ3) is 6.64. The number of likely N-dealkylation sites (N-methyl/N-ethyl adjacent to an activating group) is 1. The average molecular weight is 584 g/mol. The molecule has 0 radical (unpaired) electrons. The van der Waals surface area contributed by atoms with E-state index in [-0.39, 0.29) is 28.1 Å². The molecule has 218 valence electrons. The summed E-state index contributed by atoms with van der Waals surface area (Å²) in [4.78, 5) is 50.7. The predicted molar refractivity (Wildman–Crippen MR) is 158 cm³/mol. The fraction of sp³-hybridized carbons (Fsp3) is 0.414. The van der Waals surface area contributed by atoms with Gasteiger partial charge in [0.15, 0.2) is 5.82 Å². The molecule has 12 heteroatoms. The first kappa shape index (κ1) is 30.3. The number of anilines is 3. The van der Waals surface area contributed by atoms with Crippen LogP contribution in [0.4, 0.5) is 21.6 Å². The van der Waals surface area contributed by atoms with Gasteiger partial charge in [-0.1, -0.05) is 38.4 Å². The molecule has 2 heterocycles. The second-order valence-electron chi connectivity index (χ2n) is 11.1. The molecule has 10 nitrogen and oxygen atoms in total. The van der Waals surface area contributed by atoms with E-state index in [2.05, 4.69) is 31.2 Å². The number of amides is 3. The van der Waals surface area contributed by atoms with Crippen molar-refractivity contribution >= 4 is 57.4 Å². The lowest BCUT2D eigenvalue weighted by Gasteiger charge is -2.35. The van der Waals surface area contributed by atoms with Crippen LogP contribution in [0.15, 0.2) is 42.7 Å². The lowest BCUT2D eigenvalue weighted by atomic mass is 9.85. The number of carbonyl (C=O) groups is 3. The first-order valence-electron chi connectivity index (χ1n) is 13.5. The zero-order valence-corrected chi connectivity index (χ0v) is 24.5. The van der Waals surface area contributed by atoms with Crippen LogP contribution in [0.25, 0.3) is 10.9 Å². The molecule has 1 fully saturated rings. The van der Waals surface area contributed by atoms with Crippen LogP contribution in [0.5, 0.6) is 0 Å². The van der Waals surface area contributed by atoms with Crippen LogP contribution in [-0.2, 0) is 14.4 Å². The van der Waals surface area contributed by atoms with Gasteiger partial charge in [-0.25, -0.2) is 19.3 Å². The van der Waals surface area contributed by atoms with E-state index in [0.717, 1.165) is 11.3 Å². The Kier molecular flexibility index (Phi) is 9.21. The van der Waals surface area contributed by atoms with Gasteiger partial charge in [0.25, 0.3) is 11.8 Å². The predicted octanol–water partition coefficient (Wildman–Crippen LogP) is 3.92. The van der Waals surface area contributed by atoms with Crippen molar-refractivity contribution in [3.05, 3.63) is 53.6 Å². The molecule has 4 N–H and O–H groups in total. The van der Waals surface area contributed by atoms with Gasteiger partial charge in [-0.15, -0.1) is 0 Å². The van der Waals surface area contributed by atoms with Crippen LogP contribution in [0.3, 0.4) is 0 Å². The van der Waals surface area contributed by atoms with E-state index in [9.17, 15) is 18.8 Å². The minimum absolute atomic E-state index is 0.0525. The van der Waals surface area contributed by atoms with Crippen molar-refractivity contribution in [3.63, 3.8) is 0 Å². The minimum atomic E-state index is -1.02. The Morgan fingerprint density at radius 3 is 2.59 bits per heavy atom. The van der Waals surface area contributed by atoms with Gasteiger partial charge in [-0.05, 0) is 69.1 Å². The number of benzene rings is 2. The summed E-state index contributed by atoms with van der Waals surface area (Å²) in [5.41, 5.74) is 0.168. The standard InChI is InChI=1S/C29H35ClFN7O3/c1-16(32-5)26(39)37-24(29(2,3)4)28(41)38(27(40)22-10-7-13-33-22)17-11-12-20-18(14-17)25(35-15-34-20)36-21-9-6-8-19(30)23(21)31/h6,8-9,11-12,14-16,22,24,32-33H,7,10,13H2,1-5H3,(H,37,39)(H,34,35,36)/t16-,22-,24+/m0/s1. The number of rotatable bonds is 8. The number of halogens is 2. The van der Waals surface area contributed by atoms with Crippen LogP contribution in [0.1, 0.15) is 40.5 Å². The molecule has 0 aliphatic carbocycles. The first-order chi connectivity index (χ1) is 19.4. The fourth-order valence-electron chi connectivity index (χ4n) is 4.60. The maximum absolute atomic E-state index is 14.7. The van der Waals surface area contributed by atoms with Crippen molar-refractivity contribution in [2.45, 2.75) is 58.7 Å². The third-order valence-electron chi connectivity index (χ3n) is 7.11. The average Bonchev–Trinajstić information content (AvgIpc) is 3.48. The molecular formula is C29H35ClFN7O3. The number of hydrogen-bond acceptors (Lipinski definition) is 8. The molecule has 41 heavy (non-hydrogen) atoms. The zero-order valence-electron chi connectivity index (χ0n) is 23.7. The van der Waals surface area contributed by atoms with Crippen LogP contribution >= 0.6 is 11.6 Å². The Hall–Kier alpha value is -3.67. The molecule has 0 saturated carbocycles. The van der Waals surface area contributed by atoms with Crippen molar-refractivity contribution in [2.75, 3.05) is 23.8 Å². The summed E-state index contributed by atoms with van der Waals surface area (Å²) in [6, 6.07) is 7.33. The smallest absolute Gasteiger partial charge is 0.256 e. The van der Waals surface area contributed by atoms with Crippen LogP contribution in [0, 0.1) is 11.2 Å². The normalized spacial score (nSPS) is 16.7. The lowest BCUT2D eigenvalue weighted by Crippen LogP contribution is -2.60. The molecule has 3 amide bonds. The molecule has 1 aromatic heterocycles. The Morgan fingerprint density at radius 2 is 1.93 bits per heavy atom. The van der Waals surface area contributed by atoms with Crippen molar-refractivity contribution in [2.24, 2.45) is 5.41 Å². The van der Waals surface area contributed by atoms with Gasteiger partial charge in [0, 0.05) is 5.39 Å². The Morgan fingerprint density at radius 1 is 1.17 bits per heavy atom. The van der Waals surface area contributed by atoms with Gasteiger partial charge >= 0.3 is 0 Å².